The van der Waals surface area contributed by atoms with Crippen LogP contribution < -0.4 is 5.32 Å². The van der Waals surface area contributed by atoms with Gasteiger partial charge in [0.1, 0.15) is 0 Å². The lowest BCUT2D eigenvalue weighted by Gasteiger charge is -2.11. The van der Waals surface area contributed by atoms with Crippen LogP contribution in [0.4, 0.5) is 5.69 Å². The third-order valence-electron chi connectivity index (χ3n) is 3.48. The van der Waals surface area contributed by atoms with Crippen molar-refractivity contribution in [3.8, 4) is 0 Å². The average Bonchev–Trinajstić information content (AvgIpc) is 2.84. The second-order valence-electron chi connectivity index (χ2n) is 4.79. The van der Waals surface area contributed by atoms with Crippen LogP contribution in [0.3, 0.4) is 0 Å². The van der Waals surface area contributed by atoms with E-state index in [1.165, 1.54) is 16.6 Å². The highest BCUT2D eigenvalue weighted by Gasteiger charge is 2.04. The fourth-order valence-corrected chi connectivity index (χ4v) is 2.33. The number of anilines is 1. The molecule has 0 saturated heterocycles. The summed E-state index contributed by atoms with van der Waals surface area (Å²) in [5.41, 5.74) is 4.67. The quantitative estimate of drug-likeness (QED) is 0.772. The van der Waals surface area contributed by atoms with Crippen LogP contribution in [0.1, 0.15) is 11.3 Å². The maximum absolute atomic E-state index is 4.46. The Balaban J connectivity index is 1.93. The van der Waals surface area contributed by atoms with E-state index in [-0.39, 0.29) is 0 Å². The van der Waals surface area contributed by atoms with E-state index in [1.807, 2.05) is 12.3 Å². The van der Waals surface area contributed by atoms with Crippen molar-refractivity contribution in [2.24, 2.45) is 7.05 Å². The fourth-order valence-electron chi connectivity index (χ4n) is 2.33. The first-order valence-corrected chi connectivity index (χ1v) is 6.44. The number of aryl methyl sites for hydroxylation is 2. The Kier molecular flexibility index (Phi) is 2.95. The van der Waals surface area contributed by atoms with Crippen LogP contribution in [0, 0.1) is 6.92 Å². The zero-order valence-corrected chi connectivity index (χ0v) is 11.2. The van der Waals surface area contributed by atoms with Gasteiger partial charge < -0.3 is 9.88 Å². The summed E-state index contributed by atoms with van der Waals surface area (Å²) in [5.74, 6) is 0. The van der Waals surface area contributed by atoms with Crippen molar-refractivity contribution < 1.29 is 0 Å². The number of pyridine rings is 1. The molecule has 0 atom stereocenters. The molecule has 96 valence electrons. The van der Waals surface area contributed by atoms with E-state index in [4.69, 9.17) is 0 Å². The highest BCUT2D eigenvalue weighted by atomic mass is 15.0. The number of nitrogens with one attached hydrogen (secondary N) is 1. The van der Waals surface area contributed by atoms with Gasteiger partial charge in [0.05, 0.1) is 12.1 Å². The highest BCUT2D eigenvalue weighted by Crippen LogP contribution is 2.24. The molecule has 0 aliphatic heterocycles. The summed E-state index contributed by atoms with van der Waals surface area (Å²) in [6, 6.07) is 12.5. The minimum Gasteiger partial charge on any atom is -0.379 e. The van der Waals surface area contributed by atoms with E-state index in [9.17, 15) is 0 Å². The van der Waals surface area contributed by atoms with Gasteiger partial charge in [-0.05, 0) is 42.8 Å². The zero-order valence-electron chi connectivity index (χ0n) is 11.2. The number of nitrogens with zero attached hydrogens (tertiary/aromatic N) is 2. The largest absolute Gasteiger partial charge is 0.379 e. The summed E-state index contributed by atoms with van der Waals surface area (Å²) >= 11 is 0. The first-order valence-electron chi connectivity index (χ1n) is 6.44. The minimum absolute atomic E-state index is 0.816. The van der Waals surface area contributed by atoms with Crippen molar-refractivity contribution in [1.82, 2.24) is 9.55 Å². The Morgan fingerprint density at radius 2 is 2.05 bits per heavy atom. The summed E-state index contributed by atoms with van der Waals surface area (Å²) in [6.07, 6.45) is 3.90. The van der Waals surface area contributed by atoms with Crippen LogP contribution in [0.15, 0.2) is 48.8 Å². The van der Waals surface area contributed by atoms with E-state index in [2.05, 4.69) is 65.4 Å². The van der Waals surface area contributed by atoms with Gasteiger partial charge in [0.2, 0.25) is 0 Å². The molecule has 0 aliphatic rings. The normalized spacial score (nSPS) is 10.8. The lowest BCUT2D eigenvalue weighted by Crippen LogP contribution is -2.04. The van der Waals surface area contributed by atoms with Gasteiger partial charge in [0.25, 0.3) is 0 Å². The Morgan fingerprint density at radius 3 is 2.84 bits per heavy atom. The van der Waals surface area contributed by atoms with Crippen LogP contribution >= 0.6 is 0 Å². The zero-order chi connectivity index (χ0) is 13.2. The third-order valence-corrected chi connectivity index (χ3v) is 3.48. The predicted octanol–water partition coefficient (Wildman–Crippen LogP) is 3.49. The molecule has 3 rings (SSSR count). The smallest absolute Gasteiger partial charge is 0.0751 e. The fraction of sp³-hybridized carbons (Fsp3) is 0.188. The van der Waals surface area contributed by atoms with Crippen LogP contribution in [0.2, 0.25) is 0 Å². The highest BCUT2D eigenvalue weighted by molar-refractivity contribution is 5.93. The first-order chi connectivity index (χ1) is 9.25. The molecule has 0 amide bonds. The topological polar surface area (TPSA) is 29.9 Å². The van der Waals surface area contributed by atoms with E-state index >= 15 is 0 Å². The maximum Gasteiger partial charge on any atom is 0.0751 e. The number of benzene rings is 1. The monoisotopic (exact) mass is 251 g/mol. The molecule has 2 heterocycles. The number of hydrogen-bond donors (Lipinski definition) is 1. The summed E-state index contributed by atoms with van der Waals surface area (Å²) < 4.78 is 2.13. The molecule has 0 spiro atoms. The molecule has 0 saturated carbocycles. The molecule has 3 heteroatoms. The van der Waals surface area contributed by atoms with E-state index in [0.717, 1.165) is 17.7 Å². The molecule has 2 aromatic heterocycles. The van der Waals surface area contributed by atoms with Gasteiger partial charge in [0, 0.05) is 36.2 Å². The average molecular weight is 251 g/mol. The van der Waals surface area contributed by atoms with Gasteiger partial charge in [-0.1, -0.05) is 6.07 Å². The van der Waals surface area contributed by atoms with Gasteiger partial charge in [-0.15, -0.1) is 0 Å². The second kappa shape index (κ2) is 4.76. The molecule has 0 radical (unpaired) electrons. The lowest BCUT2D eigenvalue weighted by atomic mass is 10.1. The summed E-state index contributed by atoms with van der Waals surface area (Å²) in [5, 5.41) is 4.67. The first kappa shape index (κ1) is 11.8. The Bertz CT molecular complexity index is 713. The van der Waals surface area contributed by atoms with Crippen LogP contribution in [0.5, 0.6) is 0 Å². The molecule has 1 aromatic carbocycles. The Morgan fingerprint density at radius 1 is 1.16 bits per heavy atom. The lowest BCUT2D eigenvalue weighted by molar-refractivity contribution is 0.843. The molecule has 3 aromatic rings. The summed E-state index contributed by atoms with van der Waals surface area (Å²) in [7, 11) is 2.06. The van der Waals surface area contributed by atoms with Gasteiger partial charge in [-0.3, -0.25) is 4.98 Å². The summed E-state index contributed by atoms with van der Waals surface area (Å²) in [6.45, 7) is 2.91. The van der Waals surface area contributed by atoms with Crippen LogP contribution in [-0.2, 0) is 13.6 Å². The predicted molar refractivity (Wildman–Crippen MR) is 79.2 cm³/mol. The van der Waals surface area contributed by atoms with Crippen molar-refractivity contribution in [3.05, 3.63) is 60.0 Å². The molecular formula is C16H17N3. The van der Waals surface area contributed by atoms with Crippen LogP contribution in [-0.4, -0.2) is 9.55 Å². The van der Waals surface area contributed by atoms with E-state index in [1.54, 1.807) is 0 Å². The van der Waals surface area contributed by atoms with E-state index < -0.39 is 0 Å². The molecular weight excluding hydrogens is 234 g/mol. The van der Waals surface area contributed by atoms with Gasteiger partial charge in [-0.2, -0.15) is 0 Å². The molecule has 1 N–H and O–H groups in total. The molecule has 0 bridgehead atoms. The van der Waals surface area contributed by atoms with Crippen molar-refractivity contribution in [2.45, 2.75) is 13.5 Å². The van der Waals surface area contributed by atoms with Crippen molar-refractivity contribution in [2.75, 3.05) is 5.32 Å². The van der Waals surface area contributed by atoms with Crippen LogP contribution in [0.25, 0.3) is 10.9 Å². The van der Waals surface area contributed by atoms with Gasteiger partial charge in [0.15, 0.2) is 0 Å². The number of hydrogen-bond acceptors (Lipinski definition) is 2. The van der Waals surface area contributed by atoms with Crippen molar-refractivity contribution >= 4 is 16.6 Å². The Hall–Kier alpha value is -2.29. The number of aromatic nitrogens is 2. The summed E-state index contributed by atoms with van der Waals surface area (Å²) in [4.78, 5) is 4.46. The third kappa shape index (κ3) is 2.19. The van der Waals surface area contributed by atoms with Crippen molar-refractivity contribution in [1.29, 1.82) is 0 Å². The molecule has 0 unspecified atom stereocenters. The van der Waals surface area contributed by atoms with E-state index in [0.29, 0.717) is 0 Å². The molecule has 19 heavy (non-hydrogen) atoms. The standard InChI is InChI=1S/C16H17N3/c1-12-7-8-15(14-6-3-9-17-16(12)14)18-11-13-5-4-10-19(13)2/h3-10,18H,11H2,1-2H3. The number of rotatable bonds is 3. The molecule has 0 fully saturated rings. The molecule has 3 nitrogen and oxygen atoms in total. The number of fused-ring (bicyclic) bond motifs is 1. The van der Waals surface area contributed by atoms with Gasteiger partial charge >= 0.3 is 0 Å². The Labute approximate surface area is 112 Å². The van der Waals surface area contributed by atoms with Crippen molar-refractivity contribution in [3.63, 3.8) is 0 Å². The van der Waals surface area contributed by atoms with Gasteiger partial charge in [-0.25, -0.2) is 0 Å². The maximum atomic E-state index is 4.46. The SMILES string of the molecule is Cc1ccc(NCc2cccn2C)c2cccnc12. The molecule has 0 aliphatic carbocycles. The second-order valence-corrected chi connectivity index (χ2v) is 4.79. The minimum atomic E-state index is 0.816.